The van der Waals surface area contributed by atoms with E-state index >= 15 is 0 Å². The summed E-state index contributed by atoms with van der Waals surface area (Å²) in [6.45, 7) is 7.00. The number of fused-ring (bicyclic) bond motifs is 1. The van der Waals surface area contributed by atoms with Crippen molar-refractivity contribution in [1.82, 2.24) is 4.90 Å². The zero-order valence-electron chi connectivity index (χ0n) is 11.4. The smallest absolute Gasteiger partial charge is 0.114 e. The third-order valence-corrected chi connectivity index (χ3v) is 5.60. The highest BCUT2D eigenvalue weighted by Crippen LogP contribution is 2.37. The van der Waals surface area contributed by atoms with Crippen LogP contribution in [0.5, 0.6) is 0 Å². The van der Waals surface area contributed by atoms with Crippen LogP contribution in [0.2, 0.25) is 0 Å². The molecule has 0 unspecified atom stereocenters. The van der Waals surface area contributed by atoms with Gasteiger partial charge in [-0.2, -0.15) is 0 Å². The van der Waals surface area contributed by atoms with Crippen LogP contribution < -0.4 is 0 Å². The Bertz CT molecular complexity index is 403. The molecule has 2 saturated heterocycles. The lowest BCUT2D eigenvalue weighted by Crippen LogP contribution is -2.50. The predicted molar refractivity (Wildman–Crippen MR) is 75.9 cm³/mol. The van der Waals surface area contributed by atoms with Crippen molar-refractivity contribution in [2.75, 3.05) is 13.1 Å². The summed E-state index contributed by atoms with van der Waals surface area (Å²) in [5.74, 6) is 0.687. The van der Waals surface area contributed by atoms with E-state index < -0.39 is 0 Å². The molecule has 0 N–H and O–H groups in total. The minimum atomic E-state index is 0.345. The summed E-state index contributed by atoms with van der Waals surface area (Å²) in [6, 6.07) is 4.54. The molecule has 2 aliphatic heterocycles. The van der Waals surface area contributed by atoms with Gasteiger partial charge in [0.15, 0.2) is 0 Å². The van der Waals surface area contributed by atoms with Gasteiger partial charge in [0.1, 0.15) is 6.23 Å². The molecule has 2 aliphatic rings. The summed E-state index contributed by atoms with van der Waals surface area (Å²) < 4.78 is 6.38. The molecule has 0 radical (unpaired) electrons. The van der Waals surface area contributed by atoms with Crippen molar-refractivity contribution in [3.05, 3.63) is 21.9 Å². The first kappa shape index (κ1) is 12.6. The molecule has 0 aliphatic carbocycles. The Morgan fingerprint density at radius 2 is 2.22 bits per heavy atom. The number of piperidine rings is 1. The topological polar surface area (TPSA) is 12.5 Å². The fourth-order valence-corrected chi connectivity index (χ4v) is 4.22. The van der Waals surface area contributed by atoms with Gasteiger partial charge in [0, 0.05) is 22.8 Å². The van der Waals surface area contributed by atoms with E-state index in [9.17, 15) is 0 Å². The lowest BCUT2D eigenvalue weighted by molar-refractivity contribution is -0.177. The maximum atomic E-state index is 6.38. The van der Waals surface area contributed by atoms with Crippen LogP contribution in [0, 0.1) is 5.92 Å². The molecule has 3 heteroatoms. The number of thiophene rings is 1. The highest BCUT2D eigenvalue weighted by atomic mass is 32.1. The summed E-state index contributed by atoms with van der Waals surface area (Å²) in [5.41, 5.74) is 0. The highest BCUT2D eigenvalue weighted by molar-refractivity contribution is 7.12. The highest BCUT2D eigenvalue weighted by Gasteiger charge is 2.35. The number of ether oxygens (including phenoxy) is 1. The second-order valence-electron chi connectivity index (χ2n) is 5.62. The van der Waals surface area contributed by atoms with E-state index in [2.05, 4.69) is 30.9 Å². The molecular weight excluding hydrogens is 242 g/mol. The standard InChI is InChI=1S/C15H23NOS/c1-3-12-6-7-14(18-12)13-8-10-16-9-4-5-11(2)15(16)17-13/h6-7,11,13,15H,3-5,8-10H2,1-2H3/t11-,13+,15+/m0/s1. The van der Waals surface area contributed by atoms with E-state index in [0.717, 1.165) is 12.8 Å². The Hall–Kier alpha value is -0.380. The number of rotatable bonds is 2. The monoisotopic (exact) mass is 265 g/mol. The van der Waals surface area contributed by atoms with E-state index in [1.54, 1.807) is 0 Å². The summed E-state index contributed by atoms with van der Waals surface area (Å²) in [6.07, 6.45) is 5.67. The van der Waals surface area contributed by atoms with Crippen molar-refractivity contribution in [3.8, 4) is 0 Å². The molecule has 0 saturated carbocycles. The van der Waals surface area contributed by atoms with E-state index in [1.165, 1.54) is 35.7 Å². The Morgan fingerprint density at radius 1 is 1.33 bits per heavy atom. The zero-order valence-corrected chi connectivity index (χ0v) is 12.2. The van der Waals surface area contributed by atoms with Gasteiger partial charge in [0.05, 0.1) is 6.10 Å². The van der Waals surface area contributed by atoms with Crippen molar-refractivity contribution in [2.45, 2.75) is 51.9 Å². The average Bonchev–Trinajstić information content (AvgIpc) is 2.88. The molecule has 2 fully saturated rings. The minimum Gasteiger partial charge on any atom is -0.354 e. The van der Waals surface area contributed by atoms with E-state index in [1.807, 2.05) is 11.3 Å². The normalized spacial score (nSPS) is 33.3. The molecule has 100 valence electrons. The molecule has 0 bridgehead atoms. The quantitative estimate of drug-likeness (QED) is 0.806. The van der Waals surface area contributed by atoms with Crippen LogP contribution in [0.25, 0.3) is 0 Å². The van der Waals surface area contributed by atoms with E-state index in [4.69, 9.17) is 4.74 Å². The Labute approximate surface area is 114 Å². The van der Waals surface area contributed by atoms with Gasteiger partial charge in [-0.05, 0) is 43.7 Å². The summed E-state index contributed by atoms with van der Waals surface area (Å²) in [4.78, 5) is 5.45. The fourth-order valence-electron chi connectivity index (χ4n) is 3.19. The van der Waals surface area contributed by atoms with Gasteiger partial charge in [-0.1, -0.05) is 13.8 Å². The third-order valence-electron chi connectivity index (χ3n) is 4.28. The molecule has 3 rings (SSSR count). The van der Waals surface area contributed by atoms with Crippen molar-refractivity contribution in [3.63, 3.8) is 0 Å². The van der Waals surface area contributed by atoms with Crippen molar-refractivity contribution in [2.24, 2.45) is 5.92 Å². The lowest BCUT2D eigenvalue weighted by Gasteiger charge is -2.45. The summed E-state index contributed by atoms with van der Waals surface area (Å²) in [5, 5.41) is 0. The zero-order chi connectivity index (χ0) is 12.5. The van der Waals surface area contributed by atoms with Crippen LogP contribution in [-0.4, -0.2) is 24.2 Å². The van der Waals surface area contributed by atoms with E-state index in [0.29, 0.717) is 18.2 Å². The molecule has 18 heavy (non-hydrogen) atoms. The van der Waals surface area contributed by atoms with Gasteiger partial charge < -0.3 is 4.74 Å². The van der Waals surface area contributed by atoms with Gasteiger partial charge in [0.2, 0.25) is 0 Å². The van der Waals surface area contributed by atoms with Crippen LogP contribution >= 0.6 is 11.3 Å². The first-order chi connectivity index (χ1) is 8.78. The second-order valence-corrected chi connectivity index (χ2v) is 6.82. The van der Waals surface area contributed by atoms with Gasteiger partial charge in [-0.3, -0.25) is 4.90 Å². The van der Waals surface area contributed by atoms with Crippen molar-refractivity contribution >= 4 is 11.3 Å². The number of hydrogen-bond donors (Lipinski definition) is 0. The van der Waals surface area contributed by atoms with Crippen LogP contribution in [0.15, 0.2) is 12.1 Å². The van der Waals surface area contributed by atoms with Crippen molar-refractivity contribution < 1.29 is 4.74 Å². The average molecular weight is 265 g/mol. The molecule has 1 aromatic heterocycles. The molecule has 2 nitrogen and oxygen atoms in total. The second kappa shape index (κ2) is 5.32. The molecule has 0 aromatic carbocycles. The van der Waals surface area contributed by atoms with Crippen LogP contribution in [0.4, 0.5) is 0 Å². The third kappa shape index (κ3) is 2.36. The Kier molecular flexibility index (Phi) is 3.73. The Balaban J connectivity index is 1.72. The molecule has 3 atom stereocenters. The van der Waals surface area contributed by atoms with E-state index in [-0.39, 0.29) is 0 Å². The van der Waals surface area contributed by atoms with Gasteiger partial charge in [-0.15, -0.1) is 11.3 Å². The van der Waals surface area contributed by atoms with Gasteiger partial charge >= 0.3 is 0 Å². The van der Waals surface area contributed by atoms with Crippen molar-refractivity contribution in [1.29, 1.82) is 0 Å². The lowest BCUT2D eigenvalue weighted by atomic mass is 9.95. The predicted octanol–water partition coefficient (Wildman–Crippen LogP) is 3.83. The largest absolute Gasteiger partial charge is 0.354 e. The first-order valence-electron chi connectivity index (χ1n) is 7.26. The van der Waals surface area contributed by atoms with Crippen LogP contribution in [-0.2, 0) is 11.2 Å². The molecule has 3 heterocycles. The number of nitrogens with zero attached hydrogens (tertiary/aromatic N) is 1. The number of hydrogen-bond acceptors (Lipinski definition) is 3. The van der Waals surface area contributed by atoms with Gasteiger partial charge in [0.25, 0.3) is 0 Å². The fraction of sp³-hybridized carbons (Fsp3) is 0.733. The van der Waals surface area contributed by atoms with Crippen LogP contribution in [0.3, 0.4) is 0 Å². The summed E-state index contributed by atoms with van der Waals surface area (Å²) in [7, 11) is 0. The maximum Gasteiger partial charge on any atom is 0.114 e. The molecule has 0 amide bonds. The van der Waals surface area contributed by atoms with Crippen LogP contribution in [0.1, 0.15) is 49.0 Å². The minimum absolute atomic E-state index is 0.345. The number of aryl methyl sites for hydroxylation is 1. The SMILES string of the molecule is CCc1ccc([C@H]2CCN3CCC[C@H](C)[C@H]3O2)s1. The molecule has 1 aromatic rings. The Morgan fingerprint density at radius 3 is 3.00 bits per heavy atom. The molecular formula is C15H23NOS. The summed E-state index contributed by atoms with van der Waals surface area (Å²) >= 11 is 1.94. The molecule has 0 spiro atoms. The van der Waals surface area contributed by atoms with Gasteiger partial charge in [-0.25, -0.2) is 0 Å². The first-order valence-corrected chi connectivity index (χ1v) is 8.07. The maximum absolute atomic E-state index is 6.38.